The molecule has 2 fully saturated rings. The number of halogens is 3. The predicted octanol–water partition coefficient (Wildman–Crippen LogP) is 2.57. The van der Waals surface area contributed by atoms with Gasteiger partial charge in [-0.2, -0.15) is 0 Å². The second-order valence-electron chi connectivity index (χ2n) is 6.39. The maximum atomic E-state index is 12.8. The highest BCUT2D eigenvalue weighted by Gasteiger charge is 2.30. The number of morpholine rings is 1. The Hall–Kier alpha value is -0.920. The summed E-state index contributed by atoms with van der Waals surface area (Å²) in [6.07, 6.45) is 1.02. The summed E-state index contributed by atoms with van der Waals surface area (Å²) in [5.41, 5.74) is 6.68. The first kappa shape index (κ1) is 23.1. The number of nitrogens with two attached hydrogens (primary N) is 1. The van der Waals surface area contributed by atoms with Crippen LogP contribution in [0.15, 0.2) is 12.1 Å². The van der Waals surface area contributed by atoms with Gasteiger partial charge in [0.2, 0.25) is 0 Å². The largest absolute Gasteiger partial charge is 0.496 e. The van der Waals surface area contributed by atoms with E-state index in [4.69, 9.17) is 26.8 Å². The second kappa shape index (κ2) is 10.4. The van der Waals surface area contributed by atoms with E-state index >= 15 is 0 Å². The fourth-order valence-corrected chi connectivity index (χ4v) is 3.55. The van der Waals surface area contributed by atoms with E-state index in [0.717, 1.165) is 52.4 Å². The van der Waals surface area contributed by atoms with Crippen molar-refractivity contribution in [2.75, 3.05) is 58.8 Å². The number of hydrogen-bond acceptors (Lipinski definition) is 5. The van der Waals surface area contributed by atoms with Crippen LogP contribution in [0.1, 0.15) is 16.8 Å². The third kappa shape index (κ3) is 5.30. The molecule has 26 heavy (non-hydrogen) atoms. The summed E-state index contributed by atoms with van der Waals surface area (Å²) in [7, 11) is 1.53. The summed E-state index contributed by atoms with van der Waals surface area (Å²) in [5.74, 6) is 0.930. The van der Waals surface area contributed by atoms with Gasteiger partial charge in [-0.05, 0) is 18.4 Å². The van der Waals surface area contributed by atoms with Gasteiger partial charge in [0.05, 0.1) is 36.6 Å². The average Bonchev–Trinajstić information content (AvgIpc) is 3.05. The SMILES string of the molecule is COc1cc(N)c(Cl)cc1C(=O)N1CCC(CN2CCOCC2)C1.Cl.Cl. The molecule has 2 heterocycles. The first-order chi connectivity index (χ1) is 11.6. The van der Waals surface area contributed by atoms with Gasteiger partial charge in [-0.15, -0.1) is 24.8 Å². The molecule has 0 aromatic heterocycles. The molecule has 3 rings (SSSR count). The molecule has 1 atom stereocenters. The normalized spacial score (nSPS) is 20.2. The number of amides is 1. The van der Waals surface area contributed by atoms with Gasteiger partial charge in [-0.1, -0.05) is 11.6 Å². The van der Waals surface area contributed by atoms with Crippen LogP contribution in [0.2, 0.25) is 5.02 Å². The summed E-state index contributed by atoms with van der Waals surface area (Å²) < 4.78 is 10.7. The lowest BCUT2D eigenvalue weighted by molar-refractivity contribution is 0.0310. The molecule has 1 amide bonds. The van der Waals surface area contributed by atoms with Crippen LogP contribution in [0.3, 0.4) is 0 Å². The molecule has 0 saturated carbocycles. The Labute approximate surface area is 171 Å². The molecule has 2 aliphatic heterocycles. The molecule has 1 aromatic rings. The Morgan fingerprint density at radius 2 is 2.00 bits per heavy atom. The van der Waals surface area contributed by atoms with Gasteiger partial charge in [-0.25, -0.2) is 0 Å². The van der Waals surface area contributed by atoms with E-state index in [2.05, 4.69) is 4.90 Å². The summed E-state index contributed by atoms with van der Waals surface area (Å²) >= 11 is 6.08. The molecule has 148 valence electrons. The number of benzene rings is 1. The number of nitrogen functional groups attached to an aromatic ring is 1. The van der Waals surface area contributed by atoms with Gasteiger partial charge >= 0.3 is 0 Å². The number of hydrogen-bond donors (Lipinski definition) is 1. The van der Waals surface area contributed by atoms with Crippen LogP contribution in [-0.4, -0.2) is 68.8 Å². The van der Waals surface area contributed by atoms with Crippen molar-refractivity contribution in [3.63, 3.8) is 0 Å². The Morgan fingerprint density at radius 1 is 1.31 bits per heavy atom. The maximum absolute atomic E-state index is 12.8. The topological polar surface area (TPSA) is 68.0 Å². The molecule has 9 heteroatoms. The van der Waals surface area contributed by atoms with Gasteiger partial charge in [-0.3, -0.25) is 9.69 Å². The monoisotopic (exact) mass is 425 g/mol. The van der Waals surface area contributed by atoms with E-state index in [9.17, 15) is 4.79 Å². The lowest BCUT2D eigenvalue weighted by Crippen LogP contribution is -2.40. The van der Waals surface area contributed by atoms with Crippen molar-refractivity contribution >= 4 is 48.0 Å². The first-order valence-corrected chi connectivity index (χ1v) is 8.68. The summed E-state index contributed by atoms with van der Waals surface area (Å²) in [6, 6.07) is 3.21. The zero-order valence-corrected chi connectivity index (χ0v) is 17.2. The zero-order chi connectivity index (χ0) is 17.1. The van der Waals surface area contributed by atoms with Crippen molar-refractivity contribution in [2.45, 2.75) is 6.42 Å². The van der Waals surface area contributed by atoms with Crippen LogP contribution in [-0.2, 0) is 4.74 Å². The zero-order valence-electron chi connectivity index (χ0n) is 14.8. The molecular weight excluding hydrogens is 401 g/mol. The Balaban J connectivity index is 0.00000169. The fourth-order valence-electron chi connectivity index (χ4n) is 3.39. The number of carbonyl (C=O) groups excluding carboxylic acids is 1. The van der Waals surface area contributed by atoms with E-state index in [0.29, 0.717) is 27.9 Å². The van der Waals surface area contributed by atoms with Gasteiger partial charge in [0.1, 0.15) is 5.75 Å². The van der Waals surface area contributed by atoms with Crippen LogP contribution in [0.4, 0.5) is 5.69 Å². The standard InChI is InChI=1S/C17H24ClN3O3.2ClH/c1-23-16-9-15(19)14(18)8-13(16)17(22)21-3-2-12(11-21)10-20-4-6-24-7-5-20;;/h8-9,12H,2-7,10-11,19H2,1H3;2*1H. The predicted molar refractivity (Wildman–Crippen MR) is 108 cm³/mol. The molecular formula is C17H26Cl3N3O3. The molecule has 1 aromatic carbocycles. The van der Waals surface area contributed by atoms with Crippen molar-refractivity contribution in [2.24, 2.45) is 5.92 Å². The smallest absolute Gasteiger partial charge is 0.257 e. The minimum atomic E-state index is -0.0433. The molecule has 0 radical (unpaired) electrons. The molecule has 2 saturated heterocycles. The van der Waals surface area contributed by atoms with E-state index in [1.54, 1.807) is 12.1 Å². The minimum Gasteiger partial charge on any atom is -0.496 e. The summed E-state index contributed by atoms with van der Waals surface area (Å²) in [4.78, 5) is 17.1. The highest BCUT2D eigenvalue weighted by Crippen LogP contribution is 2.31. The number of likely N-dealkylation sites (tertiary alicyclic amines) is 1. The van der Waals surface area contributed by atoms with Gasteiger partial charge < -0.3 is 20.1 Å². The van der Waals surface area contributed by atoms with Crippen LogP contribution in [0.25, 0.3) is 0 Å². The highest BCUT2D eigenvalue weighted by atomic mass is 35.5. The Morgan fingerprint density at radius 3 is 2.65 bits per heavy atom. The molecule has 0 spiro atoms. The van der Waals surface area contributed by atoms with Crippen molar-refractivity contribution in [3.05, 3.63) is 22.7 Å². The molecule has 1 unspecified atom stereocenters. The van der Waals surface area contributed by atoms with E-state index in [1.807, 2.05) is 4.90 Å². The second-order valence-corrected chi connectivity index (χ2v) is 6.80. The Kier molecular flexibility index (Phi) is 9.27. The van der Waals surface area contributed by atoms with E-state index in [1.165, 1.54) is 7.11 Å². The maximum Gasteiger partial charge on any atom is 0.257 e. The average molecular weight is 427 g/mol. The summed E-state index contributed by atoms with van der Waals surface area (Å²) in [6.45, 7) is 6.11. The number of rotatable bonds is 4. The molecule has 6 nitrogen and oxygen atoms in total. The summed E-state index contributed by atoms with van der Waals surface area (Å²) in [5, 5.41) is 0.378. The third-order valence-corrected chi connectivity index (χ3v) is 5.07. The van der Waals surface area contributed by atoms with E-state index in [-0.39, 0.29) is 30.7 Å². The molecule has 0 aliphatic carbocycles. The van der Waals surface area contributed by atoms with Crippen LogP contribution in [0, 0.1) is 5.92 Å². The van der Waals surface area contributed by atoms with Crippen molar-refractivity contribution < 1.29 is 14.3 Å². The van der Waals surface area contributed by atoms with Crippen LogP contribution in [0.5, 0.6) is 5.75 Å². The number of ether oxygens (including phenoxy) is 2. The van der Waals surface area contributed by atoms with Crippen LogP contribution >= 0.6 is 36.4 Å². The lowest BCUT2D eigenvalue weighted by Gasteiger charge is -2.29. The van der Waals surface area contributed by atoms with Crippen molar-refractivity contribution in [1.82, 2.24) is 9.80 Å². The van der Waals surface area contributed by atoms with Crippen LogP contribution < -0.4 is 10.5 Å². The number of anilines is 1. The highest BCUT2D eigenvalue weighted by molar-refractivity contribution is 6.33. The van der Waals surface area contributed by atoms with Gasteiger partial charge in [0, 0.05) is 38.8 Å². The van der Waals surface area contributed by atoms with E-state index < -0.39 is 0 Å². The third-order valence-electron chi connectivity index (χ3n) is 4.74. The molecule has 0 bridgehead atoms. The number of carbonyl (C=O) groups is 1. The molecule has 2 aliphatic rings. The fraction of sp³-hybridized carbons (Fsp3) is 0.588. The minimum absolute atomic E-state index is 0. The van der Waals surface area contributed by atoms with Crippen molar-refractivity contribution in [3.8, 4) is 5.75 Å². The van der Waals surface area contributed by atoms with Gasteiger partial charge in [0.15, 0.2) is 0 Å². The Bertz CT molecular complexity index is 612. The lowest BCUT2D eigenvalue weighted by atomic mass is 10.1. The quantitative estimate of drug-likeness (QED) is 0.750. The number of nitrogens with zero attached hydrogens (tertiary/aromatic N) is 2. The molecule has 2 N–H and O–H groups in total. The van der Waals surface area contributed by atoms with Gasteiger partial charge in [0.25, 0.3) is 5.91 Å². The first-order valence-electron chi connectivity index (χ1n) is 8.31. The number of methoxy groups -OCH3 is 1. The van der Waals surface area contributed by atoms with Crippen molar-refractivity contribution in [1.29, 1.82) is 0 Å².